The van der Waals surface area contributed by atoms with Crippen molar-refractivity contribution >= 4 is 52.0 Å². The Hall–Kier alpha value is -2.31. The van der Waals surface area contributed by atoms with Crippen molar-refractivity contribution in [2.24, 2.45) is 0 Å². The number of hydrogen-bond acceptors (Lipinski definition) is 5. The minimum absolute atomic E-state index is 0.207. The molecule has 0 fully saturated rings. The van der Waals surface area contributed by atoms with Crippen LogP contribution >= 0.6 is 23.2 Å². The summed E-state index contributed by atoms with van der Waals surface area (Å²) >= 11 is 11.9. The van der Waals surface area contributed by atoms with Gasteiger partial charge in [-0.3, -0.25) is 10.1 Å². The summed E-state index contributed by atoms with van der Waals surface area (Å²) in [5.41, 5.74) is 1.54. The second kappa shape index (κ2) is 5.82. The standard InChI is InChI=1S/C14H10Cl2N4O2/c1-17-13(21)7-2-3-18-12(4-7)20-14-19-10-5-8(15)9(16)6-11(10)22-14/h2-6H,1H3,(H,17,21)(H,18,19,20). The number of halogens is 2. The maximum absolute atomic E-state index is 11.6. The molecule has 0 aliphatic rings. The van der Waals surface area contributed by atoms with Crippen molar-refractivity contribution in [2.75, 3.05) is 12.4 Å². The molecule has 2 N–H and O–H groups in total. The normalized spacial score (nSPS) is 10.7. The zero-order valence-electron chi connectivity index (χ0n) is 11.4. The van der Waals surface area contributed by atoms with Gasteiger partial charge in [0, 0.05) is 24.9 Å². The Kier molecular flexibility index (Phi) is 3.87. The van der Waals surface area contributed by atoms with E-state index in [-0.39, 0.29) is 11.9 Å². The first-order valence-corrected chi connectivity index (χ1v) is 7.03. The van der Waals surface area contributed by atoms with Gasteiger partial charge in [0.15, 0.2) is 5.58 Å². The summed E-state index contributed by atoms with van der Waals surface area (Å²) in [6.45, 7) is 0. The highest BCUT2D eigenvalue weighted by molar-refractivity contribution is 6.42. The van der Waals surface area contributed by atoms with Gasteiger partial charge in [0.2, 0.25) is 0 Å². The molecule has 3 aromatic rings. The molecular weight excluding hydrogens is 327 g/mol. The van der Waals surface area contributed by atoms with Crippen LogP contribution in [0, 0.1) is 0 Å². The van der Waals surface area contributed by atoms with E-state index in [9.17, 15) is 4.79 Å². The van der Waals surface area contributed by atoms with E-state index in [1.54, 1.807) is 31.3 Å². The number of oxazole rings is 1. The third-order valence-corrected chi connectivity index (χ3v) is 3.64. The molecule has 0 aliphatic heterocycles. The largest absolute Gasteiger partial charge is 0.423 e. The number of aromatic nitrogens is 2. The molecular formula is C14H10Cl2N4O2. The molecule has 112 valence electrons. The van der Waals surface area contributed by atoms with E-state index in [0.29, 0.717) is 32.5 Å². The molecule has 2 heterocycles. The van der Waals surface area contributed by atoms with Crippen LogP contribution in [0.2, 0.25) is 10.0 Å². The fourth-order valence-corrected chi connectivity index (χ4v) is 2.18. The van der Waals surface area contributed by atoms with Gasteiger partial charge in [0.25, 0.3) is 5.91 Å². The molecule has 3 rings (SSSR count). The monoisotopic (exact) mass is 336 g/mol. The van der Waals surface area contributed by atoms with Crippen LogP contribution in [0.25, 0.3) is 11.1 Å². The minimum atomic E-state index is -0.207. The second-order valence-electron chi connectivity index (χ2n) is 4.39. The molecule has 2 aromatic heterocycles. The predicted molar refractivity (Wildman–Crippen MR) is 84.9 cm³/mol. The summed E-state index contributed by atoms with van der Waals surface area (Å²) in [7, 11) is 1.56. The molecule has 0 bridgehead atoms. The first-order chi connectivity index (χ1) is 10.6. The Bertz CT molecular complexity index is 824. The Morgan fingerprint density at radius 1 is 1.23 bits per heavy atom. The summed E-state index contributed by atoms with van der Waals surface area (Å²) in [5, 5.41) is 6.22. The molecule has 1 aromatic carbocycles. The summed E-state index contributed by atoms with van der Waals surface area (Å²) in [4.78, 5) is 20.0. The second-order valence-corrected chi connectivity index (χ2v) is 5.20. The van der Waals surface area contributed by atoms with Crippen molar-refractivity contribution < 1.29 is 9.21 Å². The highest BCUT2D eigenvalue weighted by Crippen LogP contribution is 2.30. The van der Waals surface area contributed by atoms with Gasteiger partial charge >= 0.3 is 6.01 Å². The van der Waals surface area contributed by atoms with Crippen LogP contribution in [0.15, 0.2) is 34.9 Å². The molecule has 0 radical (unpaired) electrons. The first-order valence-electron chi connectivity index (χ1n) is 6.27. The molecule has 6 nitrogen and oxygen atoms in total. The average Bonchev–Trinajstić information content (AvgIpc) is 2.88. The lowest BCUT2D eigenvalue weighted by atomic mass is 10.2. The van der Waals surface area contributed by atoms with E-state index >= 15 is 0 Å². The van der Waals surface area contributed by atoms with Crippen LogP contribution in [-0.2, 0) is 0 Å². The fourth-order valence-electron chi connectivity index (χ4n) is 1.87. The number of benzene rings is 1. The van der Waals surface area contributed by atoms with E-state index in [2.05, 4.69) is 20.6 Å². The highest BCUT2D eigenvalue weighted by atomic mass is 35.5. The van der Waals surface area contributed by atoms with E-state index in [1.165, 1.54) is 6.20 Å². The molecule has 8 heteroatoms. The van der Waals surface area contributed by atoms with Crippen LogP contribution in [0.1, 0.15) is 10.4 Å². The van der Waals surface area contributed by atoms with Crippen LogP contribution in [0.5, 0.6) is 0 Å². The molecule has 0 spiro atoms. The fraction of sp³-hybridized carbons (Fsp3) is 0.0714. The zero-order chi connectivity index (χ0) is 15.7. The Morgan fingerprint density at radius 3 is 2.77 bits per heavy atom. The molecule has 0 atom stereocenters. The van der Waals surface area contributed by atoms with Crippen molar-refractivity contribution in [2.45, 2.75) is 0 Å². The molecule has 22 heavy (non-hydrogen) atoms. The van der Waals surface area contributed by atoms with Crippen LogP contribution in [0.3, 0.4) is 0 Å². The summed E-state index contributed by atoms with van der Waals surface area (Å²) in [5.74, 6) is 0.228. The molecule has 0 saturated heterocycles. The number of amides is 1. The number of nitrogens with zero attached hydrogens (tertiary/aromatic N) is 2. The Morgan fingerprint density at radius 2 is 2.00 bits per heavy atom. The first kappa shape index (κ1) is 14.6. The lowest BCUT2D eigenvalue weighted by molar-refractivity contribution is 0.0963. The van der Waals surface area contributed by atoms with Crippen LogP contribution in [-0.4, -0.2) is 22.9 Å². The average molecular weight is 337 g/mol. The maximum atomic E-state index is 11.6. The molecule has 0 aliphatic carbocycles. The van der Waals surface area contributed by atoms with Crippen LogP contribution in [0.4, 0.5) is 11.8 Å². The van der Waals surface area contributed by atoms with Crippen molar-refractivity contribution in [1.82, 2.24) is 15.3 Å². The van der Waals surface area contributed by atoms with Crippen molar-refractivity contribution in [3.05, 3.63) is 46.1 Å². The van der Waals surface area contributed by atoms with Gasteiger partial charge in [-0.1, -0.05) is 23.2 Å². The SMILES string of the molecule is CNC(=O)c1ccnc(Nc2nc3cc(Cl)c(Cl)cc3o2)c1. The quantitative estimate of drug-likeness (QED) is 0.763. The van der Waals surface area contributed by atoms with E-state index in [1.807, 2.05) is 0 Å². The summed E-state index contributed by atoms with van der Waals surface area (Å²) in [6, 6.07) is 6.63. The summed E-state index contributed by atoms with van der Waals surface area (Å²) in [6.07, 6.45) is 1.52. The third-order valence-electron chi connectivity index (χ3n) is 2.91. The Balaban J connectivity index is 1.91. The Labute approximate surface area is 135 Å². The van der Waals surface area contributed by atoms with Gasteiger partial charge in [0.1, 0.15) is 11.3 Å². The minimum Gasteiger partial charge on any atom is -0.423 e. The number of fused-ring (bicyclic) bond motifs is 1. The highest BCUT2D eigenvalue weighted by Gasteiger charge is 2.11. The number of carbonyl (C=O) groups is 1. The lowest BCUT2D eigenvalue weighted by Crippen LogP contribution is -2.17. The number of rotatable bonds is 3. The van der Waals surface area contributed by atoms with Crippen LogP contribution < -0.4 is 10.6 Å². The third kappa shape index (κ3) is 2.84. The maximum Gasteiger partial charge on any atom is 0.301 e. The number of anilines is 2. The number of nitrogens with one attached hydrogen (secondary N) is 2. The van der Waals surface area contributed by atoms with Gasteiger partial charge in [-0.2, -0.15) is 4.98 Å². The zero-order valence-corrected chi connectivity index (χ0v) is 12.9. The summed E-state index contributed by atoms with van der Waals surface area (Å²) < 4.78 is 5.53. The smallest absolute Gasteiger partial charge is 0.301 e. The van der Waals surface area contributed by atoms with Crippen molar-refractivity contribution in [1.29, 1.82) is 0 Å². The molecule has 0 saturated carbocycles. The van der Waals surface area contributed by atoms with Gasteiger partial charge in [-0.05, 0) is 18.2 Å². The molecule has 1 amide bonds. The van der Waals surface area contributed by atoms with Gasteiger partial charge in [-0.15, -0.1) is 0 Å². The topological polar surface area (TPSA) is 80.0 Å². The molecule has 0 unspecified atom stereocenters. The van der Waals surface area contributed by atoms with Gasteiger partial charge in [-0.25, -0.2) is 4.98 Å². The number of pyridine rings is 1. The van der Waals surface area contributed by atoms with E-state index in [0.717, 1.165) is 0 Å². The lowest BCUT2D eigenvalue weighted by Gasteiger charge is -2.03. The predicted octanol–water partition coefficient (Wildman–Crippen LogP) is 3.63. The van der Waals surface area contributed by atoms with Gasteiger partial charge in [0.05, 0.1) is 10.0 Å². The van der Waals surface area contributed by atoms with Crippen molar-refractivity contribution in [3.8, 4) is 0 Å². The van der Waals surface area contributed by atoms with Crippen molar-refractivity contribution in [3.63, 3.8) is 0 Å². The van der Waals surface area contributed by atoms with Gasteiger partial charge < -0.3 is 9.73 Å². The number of carbonyl (C=O) groups excluding carboxylic acids is 1. The van der Waals surface area contributed by atoms with E-state index < -0.39 is 0 Å². The number of hydrogen-bond donors (Lipinski definition) is 2. The van der Waals surface area contributed by atoms with E-state index in [4.69, 9.17) is 27.6 Å².